The molecular weight excluding hydrogens is 256 g/mol. The number of rotatable bonds is 1. The first-order valence-corrected chi connectivity index (χ1v) is 7.46. The van der Waals surface area contributed by atoms with Crippen molar-refractivity contribution in [2.45, 2.75) is 57.4 Å². The molecule has 0 spiro atoms. The smallest absolute Gasteiger partial charge is 0.410 e. The molecule has 1 atom stereocenters. The molecule has 0 bridgehead atoms. The third-order valence-electron chi connectivity index (χ3n) is 2.92. The van der Waals surface area contributed by atoms with Crippen molar-refractivity contribution < 1.29 is 17.9 Å². The maximum absolute atomic E-state index is 12.0. The zero-order valence-corrected chi connectivity index (χ0v) is 12.4. The summed E-state index contributed by atoms with van der Waals surface area (Å²) in [6.45, 7) is 9.01. The second-order valence-electron chi connectivity index (χ2n) is 6.32. The van der Waals surface area contributed by atoms with Crippen LogP contribution in [0.5, 0.6) is 0 Å². The summed E-state index contributed by atoms with van der Waals surface area (Å²) in [5.41, 5.74) is -1.17. The largest absolute Gasteiger partial charge is 0.444 e. The van der Waals surface area contributed by atoms with Gasteiger partial charge in [-0.25, -0.2) is 18.4 Å². The average molecular weight is 278 g/mol. The van der Waals surface area contributed by atoms with Crippen molar-refractivity contribution in [1.29, 1.82) is 0 Å². The van der Waals surface area contributed by atoms with Gasteiger partial charge in [-0.3, -0.25) is 0 Å². The molecule has 7 heteroatoms. The Bertz CT molecular complexity index is 436. The van der Waals surface area contributed by atoms with E-state index in [4.69, 9.17) is 9.88 Å². The monoisotopic (exact) mass is 278 g/mol. The van der Waals surface area contributed by atoms with Crippen molar-refractivity contribution in [3.63, 3.8) is 0 Å². The predicted molar refractivity (Wildman–Crippen MR) is 68.5 cm³/mol. The summed E-state index contributed by atoms with van der Waals surface area (Å²) >= 11 is 0. The third kappa shape index (κ3) is 3.58. The van der Waals surface area contributed by atoms with Crippen molar-refractivity contribution in [3.05, 3.63) is 0 Å². The Morgan fingerprint density at radius 1 is 1.39 bits per heavy atom. The lowest BCUT2D eigenvalue weighted by atomic mass is 10.0. The minimum absolute atomic E-state index is 0.0841. The molecule has 0 aliphatic carbocycles. The zero-order valence-electron chi connectivity index (χ0n) is 11.6. The van der Waals surface area contributed by atoms with E-state index in [2.05, 4.69) is 0 Å². The number of primary sulfonamides is 1. The molecule has 6 nitrogen and oxygen atoms in total. The summed E-state index contributed by atoms with van der Waals surface area (Å²) < 4.78 is 28.0. The van der Waals surface area contributed by atoms with Crippen LogP contribution in [0.2, 0.25) is 0 Å². The van der Waals surface area contributed by atoms with Crippen molar-refractivity contribution >= 4 is 16.1 Å². The number of likely N-dealkylation sites (tertiary alicyclic amines) is 1. The van der Waals surface area contributed by atoms with Gasteiger partial charge >= 0.3 is 6.09 Å². The van der Waals surface area contributed by atoms with Crippen molar-refractivity contribution in [2.24, 2.45) is 5.14 Å². The minimum Gasteiger partial charge on any atom is -0.444 e. The van der Waals surface area contributed by atoms with Crippen LogP contribution in [0.25, 0.3) is 0 Å². The van der Waals surface area contributed by atoms with Crippen molar-refractivity contribution in [2.75, 3.05) is 6.54 Å². The molecule has 0 saturated carbocycles. The van der Waals surface area contributed by atoms with E-state index in [1.807, 2.05) is 13.8 Å². The standard InChI is InChI=1S/C11H22N2O4S/c1-10(2,3)17-9(14)13-7-8(18(12,15)16)6-11(13,4)5/h8H,6-7H2,1-5H3,(H2,12,15,16). The van der Waals surface area contributed by atoms with Crippen LogP contribution in [-0.4, -0.2) is 42.3 Å². The number of amides is 1. The SMILES string of the molecule is CC(C)(C)OC(=O)N1CC(S(N)(=O)=O)CC1(C)C. The fourth-order valence-electron chi connectivity index (χ4n) is 2.04. The van der Waals surface area contributed by atoms with Crippen LogP contribution in [-0.2, 0) is 14.8 Å². The molecular formula is C11H22N2O4S. The highest BCUT2D eigenvalue weighted by Gasteiger charge is 2.46. The molecule has 0 radical (unpaired) electrons. The van der Waals surface area contributed by atoms with Gasteiger partial charge in [-0.05, 0) is 41.0 Å². The molecule has 1 heterocycles. The van der Waals surface area contributed by atoms with Gasteiger partial charge < -0.3 is 9.64 Å². The van der Waals surface area contributed by atoms with Crippen LogP contribution in [0.15, 0.2) is 0 Å². The Balaban J connectivity index is 2.87. The zero-order chi connectivity index (χ0) is 14.4. The Hall–Kier alpha value is -0.820. The summed E-state index contributed by atoms with van der Waals surface area (Å²) in [4.78, 5) is 13.5. The summed E-state index contributed by atoms with van der Waals surface area (Å²) in [6.07, 6.45) is -0.177. The number of nitrogens with zero attached hydrogens (tertiary/aromatic N) is 1. The second kappa shape index (κ2) is 4.38. The molecule has 1 unspecified atom stereocenters. The number of ether oxygens (including phenoxy) is 1. The highest BCUT2D eigenvalue weighted by Crippen LogP contribution is 2.32. The van der Waals surface area contributed by atoms with E-state index >= 15 is 0 Å². The third-order valence-corrected chi connectivity index (χ3v) is 4.17. The normalized spacial score (nSPS) is 24.1. The van der Waals surface area contributed by atoms with E-state index in [-0.39, 0.29) is 6.54 Å². The quantitative estimate of drug-likeness (QED) is 0.776. The fraction of sp³-hybridized carbons (Fsp3) is 0.909. The van der Waals surface area contributed by atoms with Crippen molar-refractivity contribution in [3.8, 4) is 0 Å². The van der Waals surface area contributed by atoms with Gasteiger partial charge in [0.2, 0.25) is 10.0 Å². The van der Waals surface area contributed by atoms with Gasteiger partial charge in [-0.2, -0.15) is 0 Å². The molecule has 2 N–H and O–H groups in total. The molecule has 1 rings (SSSR count). The van der Waals surface area contributed by atoms with Crippen LogP contribution < -0.4 is 5.14 Å². The van der Waals surface area contributed by atoms with Gasteiger partial charge in [0.25, 0.3) is 0 Å². The average Bonchev–Trinajstić information content (AvgIpc) is 2.36. The van der Waals surface area contributed by atoms with Crippen molar-refractivity contribution in [1.82, 2.24) is 4.90 Å². The van der Waals surface area contributed by atoms with E-state index < -0.39 is 32.5 Å². The molecule has 1 saturated heterocycles. The summed E-state index contributed by atoms with van der Waals surface area (Å²) in [5, 5.41) is 4.42. The van der Waals surface area contributed by atoms with Gasteiger partial charge in [0.05, 0.1) is 5.25 Å². The van der Waals surface area contributed by atoms with Gasteiger partial charge in [0.15, 0.2) is 0 Å². The number of hydrogen-bond donors (Lipinski definition) is 1. The van der Waals surface area contributed by atoms with Crippen LogP contribution >= 0.6 is 0 Å². The number of carbonyl (C=O) groups is 1. The van der Waals surface area contributed by atoms with E-state index in [0.29, 0.717) is 6.42 Å². The Morgan fingerprint density at radius 3 is 2.22 bits per heavy atom. The van der Waals surface area contributed by atoms with Crippen LogP contribution in [0.1, 0.15) is 41.0 Å². The van der Waals surface area contributed by atoms with Gasteiger partial charge in [-0.1, -0.05) is 0 Å². The number of hydrogen-bond acceptors (Lipinski definition) is 4. The first kappa shape index (κ1) is 15.2. The van der Waals surface area contributed by atoms with Crippen LogP contribution in [0.4, 0.5) is 4.79 Å². The Labute approximate surface area is 109 Å². The molecule has 1 aliphatic rings. The first-order valence-electron chi connectivity index (χ1n) is 5.85. The highest BCUT2D eigenvalue weighted by molar-refractivity contribution is 7.89. The number of nitrogens with two attached hydrogens (primary N) is 1. The topological polar surface area (TPSA) is 89.7 Å². The molecule has 0 aromatic rings. The molecule has 106 valence electrons. The van der Waals surface area contributed by atoms with E-state index in [1.165, 1.54) is 4.90 Å². The van der Waals surface area contributed by atoms with Crippen LogP contribution in [0.3, 0.4) is 0 Å². The van der Waals surface area contributed by atoms with E-state index in [9.17, 15) is 13.2 Å². The number of sulfonamides is 1. The maximum Gasteiger partial charge on any atom is 0.410 e. The highest BCUT2D eigenvalue weighted by atomic mass is 32.2. The van der Waals surface area contributed by atoms with Gasteiger partial charge in [0.1, 0.15) is 5.60 Å². The number of carbonyl (C=O) groups excluding carboxylic acids is 1. The predicted octanol–water partition coefficient (Wildman–Crippen LogP) is 1.06. The Morgan fingerprint density at radius 2 is 1.89 bits per heavy atom. The van der Waals surface area contributed by atoms with Gasteiger partial charge in [-0.15, -0.1) is 0 Å². The fourth-order valence-corrected chi connectivity index (χ4v) is 3.04. The summed E-state index contributed by atoms with van der Waals surface area (Å²) in [5.74, 6) is 0. The van der Waals surface area contributed by atoms with Gasteiger partial charge in [0, 0.05) is 12.1 Å². The molecule has 0 aromatic carbocycles. The summed E-state index contributed by atoms with van der Waals surface area (Å²) in [6, 6.07) is 0. The maximum atomic E-state index is 12.0. The lowest BCUT2D eigenvalue weighted by molar-refractivity contribution is 0.0134. The molecule has 1 aliphatic heterocycles. The molecule has 1 amide bonds. The van der Waals surface area contributed by atoms with E-state index in [1.54, 1.807) is 20.8 Å². The lowest BCUT2D eigenvalue weighted by Crippen LogP contribution is -2.45. The molecule has 0 aromatic heterocycles. The Kier molecular flexibility index (Phi) is 3.71. The van der Waals surface area contributed by atoms with Crippen LogP contribution in [0, 0.1) is 0 Å². The molecule has 18 heavy (non-hydrogen) atoms. The molecule has 1 fully saturated rings. The summed E-state index contributed by atoms with van der Waals surface area (Å²) in [7, 11) is -3.63. The van der Waals surface area contributed by atoms with E-state index in [0.717, 1.165) is 0 Å². The minimum atomic E-state index is -3.63. The first-order chi connectivity index (χ1) is 7.83. The lowest BCUT2D eigenvalue weighted by Gasteiger charge is -2.33. The second-order valence-corrected chi connectivity index (χ2v) is 8.16.